The van der Waals surface area contributed by atoms with Crippen LogP contribution in [0.1, 0.15) is 31.8 Å². The Kier molecular flexibility index (Phi) is 5.78. The molecule has 0 aliphatic heterocycles. The van der Waals surface area contributed by atoms with Crippen LogP contribution in [0.3, 0.4) is 0 Å². The molecule has 1 N–H and O–H groups in total. The number of rotatable bonds is 6. The molecule has 0 saturated carbocycles. The van der Waals surface area contributed by atoms with Crippen LogP contribution in [0.5, 0.6) is 11.5 Å². The minimum absolute atomic E-state index is 0.0676. The van der Waals surface area contributed by atoms with E-state index in [0.29, 0.717) is 28.2 Å². The Bertz CT molecular complexity index is 1240. The number of hydrogen-bond donors (Lipinski definition) is 1. The van der Waals surface area contributed by atoms with Crippen LogP contribution in [0.15, 0.2) is 84.9 Å². The number of aliphatic hydroxyl groups excluding tert-OH is 1. The molecule has 0 atom stereocenters. The summed E-state index contributed by atoms with van der Waals surface area (Å²) in [6.07, 6.45) is 0. The lowest BCUT2D eigenvalue weighted by Crippen LogP contribution is -2.08. The maximum atomic E-state index is 12.8. The third-order valence-corrected chi connectivity index (χ3v) is 5.01. The van der Waals surface area contributed by atoms with E-state index in [4.69, 9.17) is 14.6 Å². The molecule has 154 valence electrons. The number of carbonyl (C=O) groups excluding carboxylic acids is 2. The molecule has 0 bridgehead atoms. The fourth-order valence-corrected chi connectivity index (χ4v) is 3.25. The van der Waals surface area contributed by atoms with Gasteiger partial charge in [-0.1, -0.05) is 30.3 Å². The molecule has 0 aliphatic carbocycles. The first-order valence-electron chi connectivity index (χ1n) is 9.72. The first kappa shape index (κ1) is 20.3. The second-order valence-corrected chi connectivity index (χ2v) is 7.03. The second kappa shape index (κ2) is 8.81. The van der Waals surface area contributed by atoms with Crippen molar-refractivity contribution in [1.82, 2.24) is 0 Å². The topological polar surface area (TPSA) is 72.8 Å². The Balaban J connectivity index is 1.54. The van der Waals surface area contributed by atoms with Crippen molar-refractivity contribution < 1.29 is 24.2 Å². The number of fused-ring (bicyclic) bond motifs is 1. The number of ether oxygens (including phenoxy) is 2. The number of carbonyl (C=O) groups is 2. The molecule has 0 saturated heterocycles. The summed E-state index contributed by atoms with van der Waals surface area (Å²) in [4.78, 5) is 25.3. The van der Waals surface area contributed by atoms with Crippen LogP contribution in [0.4, 0.5) is 0 Å². The predicted octanol–water partition coefficient (Wildman–Crippen LogP) is 4.79. The molecule has 0 amide bonds. The van der Waals surface area contributed by atoms with Gasteiger partial charge in [0.05, 0.1) is 19.3 Å². The van der Waals surface area contributed by atoms with Gasteiger partial charge in [0.2, 0.25) is 0 Å². The molecule has 4 aromatic carbocycles. The molecule has 0 aromatic heterocycles. The number of methoxy groups -OCH3 is 1. The fraction of sp³-hybridized carbons (Fsp3) is 0.0769. The predicted molar refractivity (Wildman–Crippen MR) is 118 cm³/mol. The summed E-state index contributed by atoms with van der Waals surface area (Å²) in [6, 6.07) is 24.2. The molecule has 5 heteroatoms. The van der Waals surface area contributed by atoms with Gasteiger partial charge in [-0.3, -0.25) is 4.79 Å². The van der Waals surface area contributed by atoms with E-state index in [9.17, 15) is 9.59 Å². The summed E-state index contributed by atoms with van der Waals surface area (Å²) in [7, 11) is 1.58. The zero-order valence-corrected chi connectivity index (χ0v) is 16.9. The van der Waals surface area contributed by atoms with Crippen molar-refractivity contribution in [2.24, 2.45) is 0 Å². The third kappa shape index (κ3) is 4.47. The van der Waals surface area contributed by atoms with Gasteiger partial charge < -0.3 is 14.6 Å². The summed E-state index contributed by atoms with van der Waals surface area (Å²) < 4.78 is 10.5. The van der Waals surface area contributed by atoms with Gasteiger partial charge in [-0.05, 0) is 70.9 Å². The first-order valence-corrected chi connectivity index (χ1v) is 9.72. The van der Waals surface area contributed by atoms with Crippen molar-refractivity contribution in [3.05, 3.63) is 107 Å². The van der Waals surface area contributed by atoms with Crippen molar-refractivity contribution in [2.75, 3.05) is 7.11 Å². The van der Waals surface area contributed by atoms with Gasteiger partial charge in [0.1, 0.15) is 11.5 Å². The molecule has 0 spiro atoms. The molecule has 0 aliphatic rings. The Labute approximate surface area is 179 Å². The Hall–Kier alpha value is -3.96. The zero-order chi connectivity index (χ0) is 21.8. The molecule has 5 nitrogen and oxygen atoms in total. The lowest BCUT2D eigenvalue weighted by Gasteiger charge is -2.08. The maximum absolute atomic E-state index is 12.8. The van der Waals surface area contributed by atoms with Gasteiger partial charge >= 0.3 is 5.97 Å². The van der Waals surface area contributed by atoms with E-state index in [1.807, 2.05) is 12.1 Å². The van der Waals surface area contributed by atoms with Crippen LogP contribution < -0.4 is 9.47 Å². The zero-order valence-electron chi connectivity index (χ0n) is 16.9. The summed E-state index contributed by atoms with van der Waals surface area (Å²) >= 11 is 0. The molecule has 0 fully saturated rings. The number of benzene rings is 4. The van der Waals surface area contributed by atoms with Crippen molar-refractivity contribution in [1.29, 1.82) is 0 Å². The van der Waals surface area contributed by atoms with Gasteiger partial charge in [0.15, 0.2) is 5.78 Å². The van der Waals surface area contributed by atoms with Gasteiger partial charge in [0, 0.05) is 11.1 Å². The Morgan fingerprint density at radius 2 is 1.26 bits per heavy atom. The van der Waals surface area contributed by atoms with E-state index in [-0.39, 0.29) is 12.4 Å². The van der Waals surface area contributed by atoms with Gasteiger partial charge in [-0.15, -0.1) is 0 Å². The number of aliphatic hydroxyl groups is 1. The van der Waals surface area contributed by atoms with E-state index < -0.39 is 5.97 Å². The highest BCUT2D eigenvalue weighted by atomic mass is 16.5. The highest BCUT2D eigenvalue weighted by Gasteiger charge is 2.13. The highest BCUT2D eigenvalue weighted by molar-refractivity contribution is 6.11. The van der Waals surface area contributed by atoms with E-state index in [1.54, 1.807) is 79.9 Å². The molecule has 4 rings (SSSR count). The average Bonchev–Trinajstić information content (AvgIpc) is 2.83. The highest BCUT2D eigenvalue weighted by Crippen LogP contribution is 2.22. The third-order valence-electron chi connectivity index (χ3n) is 5.01. The van der Waals surface area contributed by atoms with E-state index in [1.165, 1.54) is 0 Å². The van der Waals surface area contributed by atoms with E-state index in [0.717, 1.165) is 16.3 Å². The van der Waals surface area contributed by atoms with Crippen LogP contribution in [0.2, 0.25) is 0 Å². The smallest absolute Gasteiger partial charge is 0.343 e. The van der Waals surface area contributed by atoms with E-state index in [2.05, 4.69) is 0 Å². The first-order chi connectivity index (χ1) is 15.1. The Morgan fingerprint density at radius 1 is 0.710 bits per heavy atom. The van der Waals surface area contributed by atoms with Crippen LogP contribution in [0, 0.1) is 0 Å². The SMILES string of the molecule is COc1ccc(C(=O)c2ccc3cc(C(=O)Oc4ccc(CO)cc4)ccc3c2)cc1. The lowest BCUT2D eigenvalue weighted by atomic mass is 9.99. The van der Waals surface area contributed by atoms with Crippen molar-refractivity contribution in [3.8, 4) is 11.5 Å². The molecule has 31 heavy (non-hydrogen) atoms. The minimum Gasteiger partial charge on any atom is -0.497 e. The number of ketones is 1. The average molecular weight is 412 g/mol. The molecule has 0 heterocycles. The van der Waals surface area contributed by atoms with Gasteiger partial charge in [0.25, 0.3) is 0 Å². The molecule has 0 unspecified atom stereocenters. The largest absolute Gasteiger partial charge is 0.497 e. The molecular formula is C26H20O5. The Morgan fingerprint density at radius 3 is 1.87 bits per heavy atom. The molecule has 0 radical (unpaired) electrons. The second-order valence-electron chi connectivity index (χ2n) is 7.03. The quantitative estimate of drug-likeness (QED) is 0.280. The lowest BCUT2D eigenvalue weighted by molar-refractivity contribution is 0.0734. The summed E-state index contributed by atoms with van der Waals surface area (Å²) in [5.74, 6) is 0.540. The molecule has 4 aromatic rings. The van der Waals surface area contributed by atoms with Crippen LogP contribution >= 0.6 is 0 Å². The summed E-state index contributed by atoms with van der Waals surface area (Å²) in [6.45, 7) is -0.0676. The van der Waals surface area contributed by atoms with Crippen LogP contribution in [-0.2, 0) is 6.61 Å². The molecular weight excluding hydrogens is 392 g/mol. The summed E-state index contributed by atoms with van der Waals surface area (Å²) in [5, 5.41) is 10.8. The number of esters is 1. The van der Waals surface area contributed by atoms with Crippen molar-refractivity contribution in [2.45, 2.75) is 6.61 Å². The maximum Gasteiger partial charge on any atom is 0.343 e. The fourth-order valence-electron chi connectivity index (χ4n) is 3.25. The normalized spacial score (nSPS) is 10.6. The van der Waals surface area contributed by atoms with Crippen molar-refractivity contribution in [3.63, 3.8) is 0 Å². The van der Waals surface area contributed by atoms with Crippen molar-refractivity contribution >= 4 is 22.5 Å². The van der Waals surface area contributed by atoms with E-state index >= 15 is 0 Å². The number of hydrogen-bond acceptors (Lipinski definition) is 5. The van der Waals surface area contributed by atoms with Gasteiger partial charge in [-0.25, -0.2) is 4.79 Å². The standard InChI is InChI=1S/C26H20O5/c1-30-23-12-8-18(9-13-23)25(28)21-6-4-20-15-22(7-5-19(20)14-21)26(29)31-24-10-2-17(16-27)3-11-24/h2-15,27H,16H2,1H3. The summed E-state index contributed by atoms with van der Waals surface area (Å²) in [5.41, 5.74) is 2.29. The minimum atomic E-state index is -0.475. The van der Waals surface area contributed by atoms with Crippen LogP contribution in [0.25, 0.3) is 10.8 Å². The monoisotopic (exact) mass is 412 g/mol. The van der Waals surface area contributed by atoms with Gasteiger partial charge in [-0.2, -0.15) is 0 Å². The van der Waals surface area contributed by atoms with Crippen LogP contribution in [-0.4, -0.2) is 24.0 Å².